The highest BCUT2D eigenvalue weighted by molar-refractivity contribution is 14.0. The molecule has 1 aliphatic heterocycles. The number of benzene rings is 1. The lowest BCUT2D eigenvalue weighted by Gasteiger charge is -2.22. The quantitative estimate of drug-likeness (QED) is 0.366. The first kappa shape index (κ1) is 21.1. The SMILES string of the molecule is CN=C(NCc1cccs1)NC1CCN(c2cc(Cl)ccc2OC)C1.I. The van der Waals surface area contributed by atoms with Crippen molar-refractivity contribution in [3.8, 4) is 5.75 Å². The Bertz CT molecular complexity index is 726. The number of hydrogen-bond donors (Lipinski definition) is 2. The molecule has 1 aliphatic rings. The number of aliphatic imine (C=N–C) groups is 1. The Labute approximate surface area is 180 Å². The predicted molar refractivity (Wildman–Crippen MR) is 122 cm³/mol. The molecule has 0 aliphatic carbocycles. The van der Waals surface area contributed by atoms with Gasteiger partial charge in [0.25, 0.3) is 0 Å². The Balaban J connectivity index is 0.00000243. The van der Waals surface area contributed by atoms with Gasteiger partial charge in [0.15, 0.2) is 5.96 Å². The first-order valence-corrected chi connectivity index (χ1v) is 9.53. The maximum Gasteiger partial charge on any atom is 0.191 e. The lowest BCUT2D eigenvalue weighted by atomic mass is 10.2. The molecule has 26 heavy (non-hydrogen) atoms. The Hall–Kier alpha value is -1.19. The van der Waals surface area contributed by atoms with E-state index in [9.17, 15) is 0 Å². The van der Waals surface area contributed by atoms with Crippen LogP contribution in [0.4, 0.5) is 5.69 Å². The normalized spacial score (nSPS) is 17.0. The van der Waals surface area contributed by atoms with Crippen LogP contribution in [0, 0.1) is 0 Å². The van der Waals surface area contributed by atoms with Gasteiger partial charge in [-0.3, -0.25) is 4.99 Å². The molecule has 1 fully saturated rings. The Kier molecular flexibility index (Phi) is 8.30. The zero-order chi connectivity index (χ0) is 17.6. The van der Waals surface area contributed by atoms with Gasteiger partial charge in [0.1, 0.15) is 5.75 Å². The lowest BCUT2D eigenvalue weighted by Crippen LogP contribution is -2.44. The van der Waals surface area contributed by atoms with Crippen LogP contribution in [0.2, 0.25) is 5.02 Å². The molecular formula is C18H24ClIN4OS. The minimum Gasteiger partial charge on any atom is -0.495 e. The van der Waals surface area contributed by atoms with Crippen LogP contribution in [0.5, 0.6) is 5.75 Å². The number of ether oxygens (including phenoxy) is 1. The standard InChI is InChI=1S/C18H23ClN4OS.HI/c1-20-18(21-11-15-4-3-9-25-15)22-14-7-8-23(12-14)16-10-13(19)5-6-17(16)24-2;/h3-6,9-10,14H,7-8,11-12H2,1-2H3,(H2,20,21,22);1H. The summed E-state index contributed by atoms with van der Waals surface area (Å²) in [6, 6.07) is 10.2. The number of hydrogen-bond acceptors (Lipinski definition) is 4. The average Bonchev–Trinajstić information content (AvgIpc) is 3.30. The first-order chi connectivity index (χ1) is 12.2. The van der Waals surface area contributed by atoms with Gasteiger partial charge >= 0.3 is 0 Å². The van der Waals surface area contributed by atoms with E-state index in [1.165, 1.54) is 4.88 Å². The fourth-order valence-electron chi connectivity index (χ4n) is 2.98. The Morgan fingerprint density at radius 1 is 1.42 bits per heavy atom. The zero-order valence-electron chi connectivity index (χ0n) is 14.9. The van der Waals surface area contributed by atoms with Crippen LogP contribution in [-0.4, -0.2) is 39.2 Å². The van der Waals surface area contributed by atoms with Crippen molar-refractivity contribution in [3.05, 3.63) is 45.6 Å². The van der Waals surface area contributed by atoms with E-state index >= 15 is 0 Å². The minimum atomic E-state index is 0. The van der Waals surface area contributed by atoms with Gasteiger partial charge in [-0.05, 0) is 36.1 Å². The molecule has 1 aromatic carbocycles. The van der Waals surface area contributed by atoms with Crippen molar-refractivity contribution >= 4 is 58.6 Å². The van der Waals surface area contributed by atoms with E-state index in [1.54, 1.807) is 25.5 Å². The molecule has 2 N–H and O–H groups in total. The topological polar surface area (TPSA) is 48.9 Å². The summed E-state index contributed by atoms with van der Waals surface area (Å²) in [5.74, 6) is 1.68. The molecule has 0 radical (unpaired) electrons. The number of nitrogens with zero attached hydrogens (tertiary/aromatic N) is 2. The number of guanidine groups is 1. The van der Waals surface area contributed by atoms with E-state index in [0.717, 1.165) is 48.5 Å². The third-order valence-corrected chi connectivity index (χ3v) is 5.36. The third kappa shape index (κ3) is 5.40. The summed E-state index contributed by atoms with van der Waals surface area (Å²) in [6.07, 6.45) is 1.04. The molecule has 0 saturated carbocycles. The first-order valence-electron chi connectivity index (χ1n) is 8.27. The van der Waals surface area contributed by atoms with Crippen LogP contribution < -0.4 is 20.3 Å². The molecule has 3 rings (SSSR count). The molecule has 0 amide bonds. The molecule has 2 aromatic rings. The largest absolute Gasteiger partial charge is 0.495 e. The van der Waals surface area contributed by atoms with Crippen LogP contribution in [-0.2, 0) is 6.54 Å². The van der Waals surface area contributed by atoms with Crippen LogP contribution in [0.1, 0.15) is 11.3 Å². The summed E-state index contributed by atoms with van der Waals surface area (Å²) in [5, 5.41) is 9.68. The molecule has 8 heteroatoms. The summed E-state index contributed by atoms with van der Waals surface area (Å²) in [7, 11) is 3.49. The van der Waals surface area contributed by atoms with E-state index in [4.69, 9.17) is 16.3 Å². The molecule has 0 spiro atoms. The van der Waals surface area contributed by atoms with Gasteiger partial charge in [-0.15, -0.1) is 35.3 Å². The number of methoxy groups -OCH3 is 1. The number of nitrogens with one attached hydrogen (secondary N) is 2. The second-order valence-electron chi connectivity index (χ2n) is 5.90. The number of anilines is 1. The van der Waals surface area contributed by atoms with Gasteiger partial charge in [0, 0.05) is 36.1 Å². The van der Waals surface area contributed by atoms with E-state index in [0.29, 0.717) is 6.04 Å². The average molecular weight is 507 g/mol. The molecule has 1 saturated heterocycles. The lowest BCUT2D eigenvalue weighted by molar-refractivity contribution is 0.415. The van der Waals surface area contributed by atoms with Gasteiger partial charge in [-0.1, -0.05) is 17.7 Å². The van der Waals surface area contributed by atoms with Gasteiger partial charge in [0.2, 0.25) is 0 Å². The summed E-state index contributed by atoms with van der Waals surface area (Å²) >= 11 is 7.90. The van der Waals surface area contributed by atoms with E-state index in [1.807, 2.05) is 18.2 Å². The number of halogens is 2. The highest BCUT2D eigenvalue weighted by atomic mass is 127. The minimum absolute atomic E-state index is 0. The summed E-state index contributed by atoms with van der Waals surface area (Å²) in [6.45, 7) is 2.63. The molecule has 1 unspecified atom stereocenters. The van der Waals surface area contributed by atoms with Gasteiger partial charge in [-0.25, -0.2) is 0 Å². The summed E-state index contributed by atoms with van der Waals surface area (Å²) < 4.78 is 5.47. The fraction of sp³-hybridized carbons (Fsp3) is 0.389. The molecule has 2 heterocycles. The van der Waals surface area contributed by atoms with E-state index in [-0.39, 0.29) is 24.0 Å². The maximum atomic E-state index is 6.16. The smallest absolute Gasteiger partial charge is 0.191 e. The van der Waals surface area contributed by atoms with Crippen molar-refractivity contribution in [2.24, 2.45) is 4.99 Å². The van der Waals surface area contributed by atoms with Crippen molar-refractivity contribution in [1.82, 2.24) is 10.6 Å². The second-order valence-corrected chi connectivity index (χ2v) is 7.37. The molecule has 1 atom stereocenters. The van der Waals surface area contributed by atoms with Crippen molar-refractivity contribution < 1.29 is 4.74 Å². The van der Waals surface area contributed by atoms with Crippen molar-refractivity contribution in [3.63, 3.8) is 0 Å². The third-order valence-electron chi connectivity index (χ3n) is 4.24. The van der Waals surface area contributed by atoms with E-state index in [2.05, 4.69) is 38.0 Å². The number of thiophene rings is 1. The highest BCUT2D eigenvalue weighted by Crippen LogP contribution is 2.33. The van der Waals surface area contributed by atoms with Crippen LogP contribution in [0.25, 0.3) is 0 Å². The van der Waals surface area contributed by atoms with Crippen LogP contribution >= 0.6 is 46.9 Å². The van der Waals surface area contributed by atoms with Gasteiger partial charge in [-0.2, -0.15) is 0 Å². The summed E-state index contributed by atoms with van der Waals surface area (Å²) in [4.78, 5) is 7.92. The number of rotatable bonds is 5. The molecule has 0 bridgehead atoms. The molecule has 142 valence electrons. The van der Waals surface area contributed by atoms with Crippen molar-refractivity contribution in [2.45, 2.75) is 19.0 Å². The second kappa shape index (κ2) is 10.2. The predicted octanol–water partition coefficient (Wildman–Crippen LogP) is 3.97. The maximum absolute atomic E-state index is 6.16. The molecule has 1 aromatic heterocycles. The van der Waals surface area contributed by atoms with Crippen molar-refractivity contribution in [2.75, 3.05) is 32.1 Å². The fourth-order valence-corrected chi connectivity index (χ4v) is 3.79. The Morgan fingerprint density at radius 2 is 2.27 bits per heavy atom. The van der Waals surface area contributed by atoms with Crippen molar-refractivity contribution in [1.29, 1.82) is 0 Å². The molecular weight excluding hydrogens is 483 g/mol. The van der Waals surface area contributed by atoms with Crippen LogP contribution in [0.3, 0.4) is 0 Å². The zero-order valence-corrected chi connectivity index (χ0v) is 18.8. The molecule has 5 nitrogen and oxygen atoms in total. The Morgan fingerprint density at radius 3 is 2.96 bits per heavy atom. The van der Waals surface area contributed by atoms with Gasteiger partial charge < -0.3 is 20.3 Å². The van der Waals surface area contributed by atoms with Gasteiger partial charge in [0.05, 0.1) is 19.3 Å². The van der Waals surface area contributed by atoms with Crippen LogP contribution in [0.15, 0.2) is 40.7 Å². The monoisotopic (exact) mass is 506 g/mol. The highest BCUT2D eigenvalue weighted by Gasteiger charge is 2.25. The van der Waals surface area contributed by atoms with E-state index < -0.39 is 0 Å². The summed E-state index contributed by atoms with van der Waals surface area (Å²) in [5.41, 5.74) is 1.04.